The number of nitrogens with two attached hydrogens (primary N) is 1. The predicted octanol–water partition coefficient (Wildman–Crippen LogP) is 0.811. The van der Waals surface area contributed by atoms with Gasteiger partial charge in [0, 0.05) is 0 Å². The molecule has 0 aliphatic rings. The van der Waals surface area contributed by atoms with Gasteiger partial charge >= 0.3 is 5.97 Å². The normalized spacial score (nSPS) is 7.25. The third kappa shape index (κ3) is 3.90. The van der Waals surface area contributed by atoms with Crippen LogP contribution in [0.2, 0.25) is 0 Å². The minimum atomic E-state index is -0.879. The van der Waals surface area contributed by atoms with Gasteiger partial charge in [-0.15, -0.1) is 0 Å². The van der Waals surface area contributed by atoms with Gasteiger partial charge in [-0.2, -0.15) is 5.26 Å². The van der Waals surface area contributed by atoms with E-state index in [-0.39, 0.29) is 0 Å². The number of nitrogens with zero attached hydrogens (tertiary/aromatic N) is 1. The first-order valence-electron chi connectivity index (χ1n) is 3.10. The molecule has 0 spiro atoms. The molecule has 1 rings (SSSR count). The quantitative estimate of drug-likeness (QED) is 0.475. The van der Waals surface area contributed by atoms with Crippen LogP contribution in [-0.2, 0) is 0 Å². The van der Waals surface area contributed by atoms with Crippen molar-refractivity contribution in [1.82, 2.24) is 0 Å². The van der Waals surface area contributed by atoms with E-state index in [1.807, 2.05) is 0 Å². The highest BCUT2D eigenvalue weighted by atomic mass is 16.4. The van der Waals surface area contributed by atoms with Crippen LogP contribution in [0.25, 0.3) is 0 Å². The largest absolute Gasteiger partial charge is 0.478 e. The summed E-state index contributed by atoms with van der Waals surface area (Å²) in [4.78, 5) is 10.2. The first kappa shape index (κ1) is 9.98. The molecule has 1 aromatic rings. The van der Waals surface area contributed by atoms with Crippen LogP contribution in [0.3, 0.4) is 0 Å². The number of carboxylic acids is 1. The molecule has 0 fully saturated rings. The minimum absolute atomic E-state index is 0.331. The third-order valence-electron chi connectivity index (χ3n) is 1.02. The van der Waals surface area contributed by atoms with E-state index in [1.165, 1.54) is 6.19 Å². The maximum absolute atomic E-state index is 10.2. The number of carboxylic acid groups (broad SMARTS) is 1. The highest BCUT2D eigenvalue weighted by Crippen LogP contribution is 1.96. The summed E-state index contributed by atoms with van der Waals surface area (Å²) in [5, 5.41) is 15.5. The number of hydrogen-bond acceptors (Lipinski definition) is 3. The zero-order valence-electron chi connectivity index (χ0n) is 6.27. The summed E-state index contributed by atoms with van der Waals surface area (Å²) >= 11 is 0. The van der Waals surface area contributed by atoms with Crippen LogP contribution in [0, 0.1) is 11.5 Å². The molecule has 0 amide bonds. The standard InChI is InChI=1S/C7H6O2.CH2N2/c8-7(9)6-4-2-1-3-5-6;2-1-3/h1-5H,(H,8,9);2H2. The molecule has 3 N–H and O–H groups in total. The van der Waals surface area contributed by atoms with Gasteiger partial charge in [0.05, 0.1) is 5.56 Å². The molecule has 0 unspecified atom stereocenters. The zero-order chi connectivity index (χ0) is 9.40. The zero-order valence-corrected chi connectivity index (χ0v) is 6.27. The van der Waals surface area contributed by atoms with Crippen molar-refractivity contribution in [2.75, 3.05) is 0 Å². The molecule has 0 bridgehead atoms. The lowest BCUT2D eigenvalue weighted by atomic mass is 10.2. The average molecular weight is 164 g/mol. The van der Waals surface area contributed by atoms with Crippen molar-refractivity contribution in [1.29, 1.82) is 5.26 Å². The summed E-state index contributed by atoms with van der Waals surface area (Å²) in [7, 11) is 0. The number of rotatable bonds is 1. The van der Waals surface area contributed by atoms with E-state index in [0.717, 1.165) is 0 Å². The Morgan fingerprint density at radius 1 is 1.42 bits per heavy atom. The van der Waals surface area contributed by atoms with Crippen molar-refractivity contribution < 1.29 is 9.90 Å². The van der Waals surface area contributed by atoms with Crippen LogP contribution >= 0.6 is 0 Å². The van der Waals surface area contributed by atoms with Crippen molar-refractivity contribution in [3.8, 4) is 6.19 Å². The Hall–Kier alpha value is -2.02. The van der Waals surface area contributed by atoms with Crippen LogP contribution in [-0.4, -0.2) is 11.1 Å². The van der Waals surface area contributed by atoms with E-state index in [1.54, 1.807) is 30.3 Å². The van der Waals surface area contributed by atoms with Crippen LogP contribution in [0.4, 0.5) is 0 Å². The van der Waals surface area contributed by atoms with Crippen LogP contribution < -0.4 is 5.73 Å². The van der Waals surface area contributed by atoms with E-state index in [9.17, 15) is 4.79 Å². The van der Waals surface area contributed by atoms with Gasteiger partial charge in [-0.25, -0.2) is 4.79 Å². The van der Waals surface area contributed by atoms with Crippen molar-refractivity contribution in [2.24, 2.45) is 5.73 Å². The van der Waals surface area contributed by atoms with Crippen LogP contribution in [0.5, 0.6) is 0 Å². The van der Waals surface area contributed by atoms with Gasteiger partial charge in [0.25, 0.3) is 0 Å². The molecule has 0 saturated heterocycles. The number of hydrogen-bond donors (Lipinski definition) is 2. The van der Waals surface area contributed by atoms with Gasteiger partial charge in [0.2, 0.25) is 0 Å². The van der Waals surface area contributed by atoms with Gasteiger partial charge in [0.1, 0.15) is 0 Å². The topological polar surface area (TPSA) is 87.1 Å². The Balaban J connectivity index is 0.000000354. The van der Waals surface area contributed by atoms with E-state index >= 15 is 0 Å². The molecule has 0 aliphatic heterocycles. The average Bonchev–Trinajstić information content (AvgIpc) is 2.07. The number of carbonyl (C=O) groups is 1. The van der Waals surface area contributed by atoms with E-state index in [4.69, 9.17) is 10.4 Å². The molecule has 12 heavy (non-hydrogen) atoms. The molecule has 0 aliphatic carbocycles. The van der Waals surface area contributed by atoms with Crippen molar-refractivity contribution >= 4 is 5.97 Å². The highest BCUT2D eigenvalue weighted by molar-refractivity contribution is 5.87. The Bertz CT molecular complexity index is 277. The molecule has 0 radical (unpaired) electrons. The molecule has 0 heterocycles. The summed E-state index contributed by atoms with van der Waals surface area (Å²) in [6, 6.07) is 8.30. The molecular formula is C8H8N2O2. The SMILES string of the molecule is N#CN.O=C(O)c1ccccc1. The first-order chi connectivity index (χ1) is 5.72. The lowest BCUT2D eigenvalue weighted by molar-refractivity contribution is 0.0697. The van der Waals surface area contributed by atoms with Crippen LogP contribution in [0.1, 0.15) is 10.4 Å². The lowest BCUT2D eigenvalue weighted by Gasteiger charge is -1.88. The molecule has 0 atom stereocenters. The van der Waals surface area contributed by atoms with Crippen molar-refractivity contribution in [2.45, 2.75) is 0 Å². The fourth-order valence-corrected chi connectivity index (χ4v) is 0.581. The summed E-state index contributed by atoms with van der Waals surface area (Å²) in [6.45, 7) is 0. The molecular weight excluding hydrogens is 156 g/mol. The fourth-order valence-electron chi connectivity index (χ4n) is 0.581. The molecule has 4 heteroatoms. The summed E-state index contributed by atoms with van der Waals surface area (Å²) < 4.78 is 0. The van der Waals surface area contributed by atoms with E-state index < -0.39 is 5.97 Å². The molecule has 4 nitrogen and oxygen atoms in total. The molecule has 1 aromatic carbocycles. The molecule has 0 aromatic heterocycles. The molecule has 0 saturated carbocycles. The minimum Gasteiger partial charge on any atom is -0.478 e. The van der Waals surface area contributed by atoms with Gasteiger partial charge < -0.3 is 10.8 Å². The predicted molar refractivity (Wildman–Crippen MR) is 43.2 cm³/mol. The summed E-state index contributed by atoms with van der Waals surface area (Å²) in [6.07, 6.45) is 1.25. The Morgan fingerprint density at radius 2 is 1.83 bits per heavy atom. The Kier molecular flexibility index (Phi) is 4.77. The second-order valence-electron chi connectivity index (χ2n) is 1.80. The first-order valence-corrected chi connectivity index (χ1v) is 3.10. The smallest absolute Gasteiger partial charge is 0.335 e. The van der Waals surface area contributed by atoms with Crippen molar-refractivity contribution in [3.63, 3.8) is 0 Å². The van der Waals surface area contributed by atoms with Gasteiger partial charge in [-0.3, -0.25) is 0 Å². The van der Waals surface area contributed by atoms with Gasteiger partial charge in [-0.1, -0.05) is 18.2 Å². The Morgan fingerprint density at radius 3 is 2.08 bits per heavy atom. The van der Waals surface area contributed by atoms with Crippen LogP contribution in [0.15, 0.2) is 30.3 Å². The number of nitriles is 1. The fraction of sp³-hybridized carbons (Fsp3) is 0. The van der Waals surface area contributed by atoms with Crippen molar-refractivity contribution in [3.05, 3.63) is 35.9 Å². The maximum atomic E-state index is 10.2. The van der Waals surface area contributed by atoms with E-state index in [0.29, 0.717) is 5.56 Å². The highest BCUT2D eigenvalue weighted by Gasteiger charge is 1.96. The number of benzene rings is 1. The van der Waals surface area contributed by atoms with E-state index in [2.05, 4.69) is 5.73 Å². The third-order valence-corrected chi connectivity index (χ3v) is 1.02. The van der Waals surface area contributed by atoms with Gasteiger partial charge in [-0.05, 0) is 12.1 Å². The monoisotopic (exact) mass is 164 g/mol. The maximum Gasteiger partial charge on any atom is 0.335 e. The lowest BCUT2D eigenvalue weighted by Crippen LogP contribution is -1.93. The number of aromatic carboxylic acids is 1. The Labute approximate surface area is 69.9 Å². The van der Waals surface area contributed by atoms with Gasteiger partial charge in [0.15, 0.2) is 6.19 Å². The molecule has 62 valence electrons. The second-order valence-corrected chi connectivity index (χ2v) is 1.80. The summed E-state index contributed by atoms with van der Waals surface area (Å²) in [5.41, 5.74) is 4.48. The summed E-state index contributed by atoms with van der Waals surface area (Å²) in [5.74, 6) is -0.879. The second kappa shape index (κ2) is 5.74.